The number of hydrogen-bond donors (Lipinski definition) is 1. The second-order valence-corrected chi connectivity index (χ2v) is 4.42. The van der Waals surface area contributed by atoms with E-state index in [4.69, 9.17) is 5.11 Å². The van der Waals surface area contributed by atoms with E-state index in [1.54, 1.807) is 11.8 Å². The van der Waals surface area contributed by atoms with E-state index in [9.17, 15) is 14.4 Å². The largest absolute Gasteiger partial charge is 0.480 e. The van der Waals surface area contributed by atoms with Crippen LogP contribution in [0.25, 0.3) is 0 Å². The van der Waals surface area contributed by atoms with E-state index in [1.165, 1.54) is 7.05 Å². The Balaban J connectivity index is 2.13. The maximum absolute atomic E-state index is 11.7. The Kier molecular flexibility index (Phi) is 2.46. The topological polar surface area (TPSA) is 77.9 Å². The maximum atomic E-state index is 11.7. The molecule has 3 unspecified atom stereocenters. The SMILES string of the molecule is CC(C(=O)O)N1CC2C(=O)N(C)C(=O)C2C1. The second kappa shape index (κ2) is 3.55. The predicted octanol–water partition coefficient (Wildman–Crippen LogP) is -0.994. The minimum atomic E-state index is -0.923. The van der Waals surface area contributed by atoms with Crippen LogP contribution in [0.2, 0.25) is 0 Å². The summed E-state index contributed by atoms with van der Waals surface area (Å²) >= 11 is 0. The van der Waals surface area contributed by atoms with Crippen LogP contribution in [0.5, 0.6) is 0 Å². The molecule has 88 valence electrons. The number of fused-ring (bicyclic) bond motifs is 1. The molecule has 2 fully saturated rings. The predicted molar refractivity (Wildman–Crippen MR) is 53.4 cm³/mol. The molecule has 2 saturated heterocycles. The molecule has 0 radical (unpaired) electrons. The Morgan fingerprint density at radius 1 is 1.31 bits per heavy atom. The van der Waals surface area contributed by atoms with Crippen molar-refractivity contribution in [1.29, 1.82) is 0 Å². The molecule has 0 aromatic carbocycles. The highest BCUT2D eigenvalue weighted by atomic mass is 16.4. The highest BCUT2D eigenvalue weighted by Gasteiger charge is 2.52. The zero-order chi connectivity index (χ0) is 12.0. The average Bonchev–Trinajstić information content (AvgIpc) is 2.75. The summed E-state index contributed by atoms with van der Waals surface area (Å²) in [5.74, 6) is -1.99. The fraction of sp³-hybridized carbons (Fsp3) is 0.700. The van der Waals surface area contributed by atoms with Crippen molar-refractivity contribution in [3.63, 3.8) is 0 Å². The lowest BCUT2D eigenvalue weighted by Gasteiger charge is -2.21. The third kappa shape index (κ3) is 1.41. The van der Waals surface area contributed by atoms with Gasteiger partial charge in [0.1, 0.15) is 6.04 Å². The Morgan fingerprint density at radius 3 is 2.12 bits per heavy atom. The van der Waals surface area contributed by atoms with Gasteiger partial charge in [0.15, 0.2) is 0 Å². The molecule has 6 heteroatoms. The second-order valence-electron chi connectivity index (χ2n) is 4.42. The van der Waals surface area contributed by atoms with Crippen LogP contribution < -0.4 is 0 Å². The Labute approximate surface area is 92.8 Å². The highest BCUT2D eigenvalue weighted by Crippen LogP contribution is 2.33. The fourth-order valence-corrected chi connectivity index (χ4v) is 2.41. The van der Waals surface area contributed by atoms with Gasteiger partial charge < -0.3 is 5.11 Å². The fourth-order valence-electron chi connectivity index (χ4n) is 2.41. The molecule has 0 aromatic rings. The first-order valence-corrected chi connectivity index (χ1v) is 5.21. The smallest absolute Gasteiger partial charge is 0.320 e. The van der Waals surface area contributed by atoms with E-state index < -0.39 is 12.0 Å². The molecule has 0 aliphatic carbocycles. The third-order valence-corrected chi connectivity index (χ3v) is 3.55. The first-order valence-electron chi connectivity index (χ1n) is 5.21. The Hall–Kier alpha value is -1.43. The molecule has 0 spiro atoms. The molecule has 1 N–H and O–H groups in total. The van der Waals surface area contributed by atoms with Crippen molar-refractivity contribution in [2.45, 2.75) is 13.0 Å². The standard InChI is InChI=1S/C10H14N2O4/c1-5(10(15)16)12-3-6-7(4-12)9(14)11(2)8(6)13/h5-7H,3-4H2,1-2H3,(H,15,16). The summed E-state index contributed by atoms with van der Waals surface area (Å²) in [4.78, 5) is 37.0. The van der Waals surface area contributed by atoms with Crippen LogP contribution in [0.3, 0.4) is 0 Å². The molecule has 2 amide bonds. The third-order valence-electron chi connectivity index (χ3n) is 3.55. The number of hydrogen-bond acceptors (Lipinski definition) is 4. The van der Waals surface area contributed by atoms with Gasteiger partial charge in [0.05, 0.1) is 11.8 Å². The molecule has 2 rings (SSSR count). The molecular weight excluding hydrogens is 212 g/mol. The van der Waals surface area contributed by atoms with Gasteiger partial charge in [-0.2, -0.15) is 0 Å². The summed E-state index contributed by atoms with van der Waals surface area (Å²) in [5.41, 5.74) is 0. The normalized spacial score (nSPS) is 32.0. The molecule has 2 heterocycles. The molecule has 2 aliphatic heterocycles. The van der Waals surface area contributed by atoms with Crippen molar-refractivity contribution < 1.29 is 19.5 Å². The summed E-state index contributed by atoms with van der Waals surface area (Å²) in [7, 11) is 1.48. The van der Waals surface area contributed by atoms with Crippen LogP contribution in [0.1, 0.15) is 6.92 Å². The van der Waals surface area contributed by atoms with Crippen molar-refractivity contribution in [3.8, 4) is 0 Å². The maximum Gasteiger partial charge on any atom is 0.320 e. The van der Waals surface area contributed by atoms with Gasteiger partial charge in [0.25, 0.3) is 0 Å². The Bertz CT molecular complexity index is 344. The van der Waals surface area contributed by atoms with Gasteiger partial charge in [0.2, 0.25) is 11.8 Å². The quantitative estimate of drug-likeness (QED) is 0.611. The van der Waals surface area contributed by atoms with E-state index in [2.05, 4.69) is 0 Å². The zero-order valence-corrected chi connectivity index (χ0v) is 9.21. The summed E-state index contributed by atoms with van der Waals surface area (Å²) in [6.45, 7) is 2.31. The van der Waals surface area contributed by atoms with E-state index in [0.717, 1.165) is 4.90 Å². The van der Waals surface area contributed by atoms with Crippen LogP contribution >= 0.6 is 0 Å². The number of nitrogens with zero attached hydrogens (tertiary/aromatic N) is 2. The highest BCUT2D eigenvalue weighted by molar-refractivity contribution is 6.05. The summed E-state index contributed by atoms with van der Waals surface area (Å²) in [6, 6.07) is -0.642. The van der Waals surface area contributed by atoms with Crippen molar-refractivity contribution in [2.24, 2.45) is 11.8 Å². The number of carboxylic acid groups (broad SMARTS) is 1. The number of carboxylic acids is 1. The Morgan fingerprint density at radius 2 is 1.75 bits per heavy atom. The lowest BCUT2D eigenvalue weighted by molar-refractivity contribution is -0.144. The van der Waals surface area contributed by atoms with Gasteiger partial charge in [-0.25, -0.2) is 0 Å². The number of imide groups is 1. The number of likely N-dealkylation sites (tertiary alicyclic amines) is 2. The number of carbonyl (C=O) groups excluding carboxylic acids is 2. The van der Waals surface area contributed by atoms with E-state index in [-0.39, 0.29) is 23.7 Å². The zero-order valence-electron chi connectivity index (χ0n) is 9.21. The van der Waals surface area contributed by atoms with Gasteiger partial charge in [-0.05, 0) is 6.92 Å². The number of carbonyl (C=O) groups is 3. The molecule has 6 nitrogen and oxygen atoms in total. The van der Waals surface area contributed by atoms with Crippen molar-refractivity contribution >= 4 is 17.8 Å². The average molecular weight is 226 g/mol. The minimum Gasteiger partial charge on any atom is -0.480 e. The van der Waals surface area contributed by atoms with Crippen LogP contribution in [-0.2, 0) is 14.4 Å². The molecule has 2 aliphatic rings. The van der Waals surface area contributed by atoms with Gasteiger partial charge in [-0.3, -0.25) is 24.2 Å². The molecular formula is C10H14N2O4. The molecule has 0 bridgehead atoms. The van der Waals surface area contributed by atoms with Gasteiger partial charge in [0, 0.05) is 20.1 Å². The van der Waals surface area contributed by atoms with Crippen molar-refractivity contribution in [2.75, 3.05) is 20.1 Å². The molecule has 0 saturated carbocycles. The number of aliphatic carboxylic acids is 1. The number of amides is 2. The number of rotatable bonds is 2. The summed E-state index contributed by atoms with van der Waals surface area (Å²) in [5, 5.41) is 8.87. The van der Waals surface area contributed by atoms with Gasteiger partial charge >= 0.3 is 5.97 Å². The van der Waals surface area contributed by atoms with Gasteiger partial charge in [-0.1, -0.05) is 0 Å². The van der Waals surface area contributed by atoms with E-state index in [1.807, 2.05) is 0 Å². The van der Waals surface area contributed by atoms with E-state index in [0.29, 0.717) is 13.1 Å². The molecule has 16 heavy (non-hydrogen) atoms. The molecule has 0 aromatic heterocycles. The molecule has 3 atom stereocenters. The van der Waals surface area contributed by atoms with Crippen LogP contribution in [-0.4, -0.2) is 58.9 Å². The van der Waals surface area contributed by atoms with Crippen LogP contribution in [0.4, 0.5) is 0 Å². The summed E-state index contributed by atoms with van der Waals surface area (Å²) in [6.07, 6.45) is 0. The van der Waals surface area contributed by atoms with Crippen LogP contribution in [0, 0.1) is 11.8 Å². The summed E-state index contributed by atoms with van der Waals surface area (Å²) < 4.78 is 0. The van der Waals surface area contributed by atoms with Crippen molar-refractivity contribution in [1.82, 2.24) is 9.80 Å². The lowest BCUT2D eigenvalue weighted by atomic mass is 10.00. The van der Waals surface area contributed by atoms with Gasteiger partial charge in [-0.15, -0.1) is 0 Å². The van der Waals surface area contributed by atoms with E-state index >= 15 is 0 Å². The minimum absolute atomic E-state index is 0.185. The van der Waals surface area contributed by atoms with Crippen molar-refractivity contribution in [3.05, 3.63) is 0 Å². The lowest BCUT2D eigenvalue weighted by Crippen LogP contribution is -2.40. The van der Waals surface area contributed by atoms with Crippen LogP contribution in [0.15, 0.2) is 0 Å². The monoisotopic (exact) mass is 226 g/mol. The first-order chi connectivity index (χ1) is 7.43. The first kappa shape index (κ1) is 11.1.